The van der Waals surface area contributed by atoms with Crippen LogP contribution in [0.2, 0.25) is 5.15 Å². The summed E-state index contributed by atoms with van der Waals surface area (Å²) in [5, 5.41) is 5.93. The van der Waals surface area contributed by atoms with E-state index in [0.29, 0.717) is 59.6 Å². The molecule has 2 fully saturated rings. The first kappa shape index (κ1) is 43.1. The van der Waals surface area contributed by atoms with Crippen molar-refractivity contribution in [2.45, 2.75) is 48.7 Å². The highest BCUT2D eigenvalue weighted by atomic mass is 35.5. The van der Waals surface area contributed by atoms with Crippen molar-refractivity contribution in [2.75, 3.05) is 33.6 Å². The Kier molecular flexibility index (Phi) is 13.1. The minimum absolute atomic E-state index is 0.198. The smallest absolute Gasteiger partial charge is 0.407 e. The highest BCUT2D eigenvalue weighted by Gasteiger charge is 2.41. The van der Waals surface area contributed by atoms with Gasteiger partial charge in [0.05, 0.1) is 43.9 Å². The first-order valence-electron chi connectivity index (χ1n) is 20.6. The number of H-pyrrole nitrogens is 2. The number of amides is 4. The molecule has 2 aliphatic heterocycles. The number of halogens is 1. The summed E-state index contributed by atoms with van der Waals surface area (Å²) in [5.74, 6) is 0.773. The zero-order valence-electron chi connectivity index (χ0n) is 34.9. The number of methoxy groups -OCH3 is 2. The SMILES string of the molecule is COC(=O)N[C@H](C(=O)N1C[C@H](SC)C[C@@H]1c1ncc(-c2ccc(-c3ccc(-c4[nH]c([C@@H]5CCCN5C(=O)[C@@H](NC(=O)OC)c5ccccc5)nc4Cl)cc3)cc2)[nH]1)c1ccccc1. The number of hydrogen-bond acceptors (Lipinski definition) is 9. The molecular formula is C47H47ClN8O6S. The second-order valence-electron chi connectivity index (χ2n) is 15.4. The lowest BCUT2D eigenvalue weighted by Crippen LogP contribution is -2.43. The standard InChI is InChI=1S/C47H47ClN8O6S/c1-61-46(59)52-39(31-11-6-4-7-12-31)44(57)55-24-10-15-36(55)43-51-38(41(48)54-43)33-22-18-29(19-23-33)28-16-20-30(21-17-28)35-26-49-42(50-35)37-25-34(63-3)27-56(37)45(58)40(53-47(60)62-2)32-13-8-5-9-14-32/h4-9,11-14,16-23,26,34,36-37,39-40H,10,15,24-25,27H2,1-3H3,(H,49,50)(H,51,54)(H,52,59)(H,53,60)/t34-,36+,37-,39+,40+/m1/s1. The Morgan fingerprint density at radius 3 is 1.81 bits per heavy atom. The molecule has 14 nitrogen and oxygen atoms in total. The number of alkyl carbamates (subject to hydrolysis) is 2. The van der Waals surface area contributed by atoms with Gasteiger partial charge < -0.3 is 39.9 Å². The molecule has 0 saturated carbocycles. The zero-order chi connectivity index (χ0) is 44.0. The van der Waals surface area contributed by atoms with Crippen molar-refractivity contribution in [3.8, 4) is 33.6 Å². The van der Waals surface area contributed by atoms with E-state index in [1.165, 1.54) is 14.2 Å². The van der Waals surface area contributed by atoms with Crippen LogP contribution in [0.15, 0.2) is 115 Å². The number of benzene rings is 4. The molecule has 16 heteroatoms. The third-order valence-electron chi connectivity index (χ3n) is 11.7. The number of nitrogens with zero attached hydrogens (tertiary/aromatic N) is 4. The minimum atomic E-state index is -0.923. The van der Waals surface area contributed by atoms with Gasteiger partial charge in [-0.15, -0.1) is 0 Å². The molecule has 324 valence electrons. The third kappa shape index (κ3) is 9.30. The van der Waals surface area contributed by atoms with Gasteiger partial charge in [-0.05, 0) is 53.3 Å². The average molecular weight is 887 g/mol. The van der Waals surface area contributed by atoms with E-state index in [1.807, 2.05) is 103 Å². The monoisotopic (exact) mass is 886 g/mol. The van der Waals surface area contributed by atoms with E-state index >= 15 is 0 Å². The van der Waals surface area contributed by atoms with Gasteiger partial charge in [-0.2, -0.15) is 11.8 Å². The first-order valence-corrected chi connectivity index (χ1v) is 22.3. The van der Waals surface area contributed by atoms with Gasteiger partial charge in [0.15, 0.2) is 5.15 Å². The molecule has 4 N–H and O–H groups in total. The van der Waals surface area contributed by atoms with Crippen LogP contribution in [-0.2, 0) is 19.1 Å². The summed E-state index contributed by atoms with van der Waals surface area (Å²) in [6.45, 7) is 1.02. The molecule has 0 unspecified atom stereocenters. The van der Waals surface area contributed by atoms with Crippen LogP contribution in [0.3, 0.4) is 0 Å². The highest BCUT2D eigenvalue weighted by Crippen LogP contribution is 2.39. The van der Waals surface area contributed by atoms with E-state index in [9.17, 15) is 19.2 Å². The van der Waals surface area contributed by atoms with Crippen LogP contribution in [0.1, 0.15) is 66.2 Å². The quantitative estimate of drug-likeness (QED) is 0.0938. The molecule has 0 bridgehead atoms. The lowest BCUT2D eigenvalue weighted by molar-refractivity contribution is -0.135. The number of aromatic nitrogens is 4. The number of nitrogens with one attached hydrogen (secondary N) is 4. The van der Waals surface area contributed by atoms with Crippen molar-refractivity contribution in [1.82, 2.24) is 40.4 Å². The number of hydrogen-bond donors (Lipinski definition) is 4. The molecule has 6 aromatic rings. The maximum absolute atomic E-state index is 14.2. The number of rotatable bonds is 12. The number of likely N-dealkylation sites (tertiary alicyclic amines) is 2. The Labute approximate surface area is 374 Å². The van der Waals surface area contributed by atoms with Gasteiger partial charge in [-0.3, -0.25) is 9.59 Å². The van der Waals surface area contributed by atoms with Crippen molar-refractivity contribution in [2.24, 2.45) is 0 Å². The van der Waals surface area contributed by atoms with Gasteiger partial charge in [0, 0.05) is 23.9 Å². The van der Waals surface area contributed by atoms with Crippen molar-refractivity contribution in [1.29, 1.82) is 0 Å². The van der Waals surface area contributed by atoms with Crippen LogP contribution in [-0.4, -0.2) is 92.6 Å². The van der Waals surface area contributed by atoms with Gasteiger partial charge in [0.25, 0.3) is 11.8 Å². The Balaban J connectivity index is 0.957. The maximum atomic E-state index is 14.2. The van der Waals surface area contributed by atoms with Crippen LogP contribution >= 0.6 is 23.4 Å². The average Bonchev–Trinajstić information content (AvgIpc) is 4.17. The summed E-state index contributed by atoms with van der Waals surface area (Å²) in [6.07, 6.45) is 4.62. The van der Waals surface area contributed by atoms with Gasteiger partial charge in [-0.1, -0.05) is 121 Å². The third-order valence-corrected chi connectivity index (χ3v) is 13.0. The molecule has 4 heterocycles. The van der Waals surface area contributed by atoms with Crippen LogP contribution < -0.4 is 10.6 Å². The van der Waals surface area contributed by atoms with E-state index in [1.54, 1.807) is 39.9 Å². The second kappa shape index (κ2) is 19.2. The van der Waals surface area contributed by atoms with Gasteiger partial charge >= 0.3 is 12.2 Å². The molecular weight excluding hydrogens is 840 g/mol. The van der Waals surface area contributed by atoms with Crippen molar-refractivity contribution in [3.05, 3.63) is 143 Å². The number of thioether (sulfide) groups is 1. The number of carbonyl (C=O) groups excluding carboxylic acids is 4. The Hall–Kier alpha value is -6.58. The lowest BCUT2D eigenvalue weighted by Gasteiger charge is -2.28. The molecule has 0 aliphatic carbocycles. The fourth-order valence-electron chi connectivity index (χ4n) is 8.38. The summed E-state index contributed by atoms with van der Waals surface area (Å²) in [6, 6.07) is 31.9. The van der Waals surface area contributed by atoms with Crippen LogP contribution in [0, 0.1) is 0 Å². The zero-order valence-corrected chi connectivity index (χ0v) is 36.5. The molecule has 63 heavy (non-hydrogen) atoms. The molecule has 0 spiro atoms. The largest absolute Gasteiger partial charge is 0.453 e. The van der Waals surface area contributed by atoms with Crippen molar-refractivity contribution >= 4 is 47.4 Å². The van der Waals surface area contributed by atoms with E-state index < -0.39 is 24.3 Å². The maximum Gasteiger partial charge on any atom is 0.407 e. The molecule has 0 radical (unpaired) electrons. The van der Waals surface area contributed by atoms with E-state index in [-0.39, 0.29) is 29.1 Å². The fraction of sp³-hybridized carbons (Fsp3) is 0.277. The van der Waals surface area contributed by atoms with Crippen molar-refractivity contribution in [3.63, 3.8) is 0 Å². The number of ether oxygens (including phenoxy) is 2. The van der Waals surface area contributed by atoms with E-state index in [0.717, 1.165) is 34.4 Å². The molecule has 4 amide bonds. The lowest BCUT2D eigenvalue weighted by atomic mass is 10.0. The predicted octanol–water partition coefficient (Wildman–Crippen LogP) is 8.65. The van der Waals surface area contributed by atoms with Crippen LogP contribution in [0.4, 0.5) is 9.59 Å². The molecule has 4 aromatic carbocycles. The van der Waals surface area contributed by atoms with Crippen molar-refractivity contribution < 1.29 is 28.7 Å². The predicted molar refractivity (Wildman–Crippen MR) is 242 cm³/mol. The fourth-order valence-corrected chi connectivity index (χ4v) is 9.31. The Morgan fingerprint density at radius 2 is 1.25 bits per heavy atom. The van der Waals surface area contributed by atoms with Gasteiger partial charge in [0.2, 0.25) is 0 Å². The van der Waals surface area contributed by atoms with Gasteiger partial charge in [-0.25, -0.2) is 19.6 Å². The van der Waals surface area contributed by atoms with Gasteiger partial charge in [0.1, 0.15) is 23.7 Å². The Bertz CT molecular complexity index is 2550. The summed E-state index contributed by atoms with van der Waals surface area (Å²) in [7, 11) is 2.55. The Morgan fingerprint density at radius 1 is 0.714 bits per heavy atom. The minimum Gasteiger partial charge on any atom is -0.453 e. The van der Waals surface area contributed by atoms with E-state index in [2.05, 4.69) is 25.6 Å². The molecule has 8 rings (SSSR count). The normalized spacial score (nSPS) is 18.1. The summed E-state index contributed by atoms with van der Waals surface area (Å²) in [5.41, 5.74) is 6.58. The van der Waals surface area contributed by atoms with E-state index in [4.69, 9.17) is 26.1 Å². The number of carbonyl (C=O) groups is 4. The molecule has 5 atom stereocenters. The number of aromatic amines is 2. The summed E-state index contributed by atoms with van der Waals surface area (Å²) >= 11 is 8.44. The molecule has 2 aromatic heterocycles. The number of imidazole rings is 2. The van der Waals surface area contributed by atoms with Crippen LogP contribution in [0.25, 0.3) is 33.6 Å². The summed E-state index contributed by atoms with van der Waals surface area (Å²) < 4.78 is 9.69. The molecule has 2 saturated heterocycles. The molecule has 2 aliphatic rings. The van der Waals surface area contributed by atoms with Crippen LogP contribution in [0.5, 0.6) is 0 Å². The topological polar surface area (TPSA) is 175 Å². The first-order chi connectivity index (χ1) is 30.6. The summed E-state index contributed by atoms with van der Waals surface area (Å²) in [4.78, 5) is 72.6. The second-order valence-corrected chi connectivity index (χ2v) is 16.9. The highest BCUT2D eigenvalue weighted by molar-refractivity contribution is 7.99.